The Balaban J connectivity index is 2.14. The fraction of sp³-hybridized carbons (Fsp3) is 0.0833. The van der Waals surface area contributed by atoms with Crippen molar-refractivity contribution in [2.75, 3.05) is 5.73 Å². The molecule has 1 heterocycles. The molecule has 15 heavy (non-hydrogen) atoms. The number of nitrogen functional groups attached to an aromatic ring is 1. The molecule has 0 aliphatic carbocycles. The summed E-state index contributed by atoms with van der Waals surface area (Å²) in [7, 11) is 0. The van der Waals surface area contributed by atoms with Crippen molar-refractivity contribution in [3.8, 4) is 0 Å². The Bertz CT molecular complexity index is 469. The van der Waals surface area contributed by atoms with E-state index in [2.05, 4.69) is 36.2 Å². The highest BCUT2D eigenvalue weighted by atomic mass is 32.1. The molecule has 3 heteroatoms. The van der Waals surface area contributed by atoms with E-state index < -0.39 is 0 Å². The number of aryl methyl sites for hydroxylation is 1. The van der Waals surface area contributed by atoms with Gasteiger partial charge in [0.05, 0.1) is 5.69 Å². The summed E-state index contributed by atoms with van der Waals surface area (Å²) in [6.07, 6.45) is 4.01. The number of anilines is 1. The van der Waals surface area contributed by atoms with Crippen molar-refractivity contribution in [1.29, 1.82) is 0 Å². The van der Waals surface area contributed by atoms with Gasteiger partial charge in [-0.1, -0.05) is 35.9 Å². The van der Waals surface area contributed by atoms with E-state index in [-0.39, 0.29) is 0 Å². The fourth-order valence-corrected chi connectivity index (χ4v) is 1.77. The maximum absolute atomic E-state index is 5.54. The molecule has 0 saturated carbocycles. The smallest absolute Gasteiger partial charge is 0.180 e. The molecular weight excluding hydrogens is 204 g/mol. The molecule has 0 spiro atoms. The topological polar surface area (TPSA) is 38.9 Å². The lowest BCUT2D eigenvalue weighted by atomic mass is 10.1. The number of nitrogens with two attached hydrogens (primary N) is 1. The number of thiazole rings is 1. The van der Waals surface area contributed by atoms with Crippen molar-refractivity contribution in [2.45, 2.75) is 6.92 Å². The van der Waals surface area contributed by atoms with Crippen LogP contribution in [0.1, 0.15) is 16.8 Å². The van der Waals surface area contributed by atoms with Gasteiger partial charge in [0.15, 0.2) is 5.13 Å². The van der Waals surface area contributed by atoms with Crippen molar-refractivity contribution in [3.05, 3.63) is 46.5 Å². The Kier molecular flexibility index (Phi) is 2.83. The van der Waals surface area contributed by atoms with Crippen molar-refractivity contribution in [3.63, 3.8) is 0 Å². The number of rotatable bonds is 2. The third-order valence-electron chi connectivity index (χ3n) is 2.06. The van der Waals surface area contributed by atoms with Crippen LogP contribution in [0.15, 0.2) is 29.6 Å². The zero-order valence-electron chi connectivity index (χ0n) is 8.47. The van der Waals surface area contributed by atoms with E-state index >= 15 is 0 Å². The summed E-state index contributed by atoms with van der Waals surface area (Å²) in [6, 6.07) is 8.35. The van der Waals surface area contributed by atoms with Crippen LogP contribution in [0.3, 0.4) is 0 Å². The molecule has 0 atom stereocenters. The molecule has 2 aromatic rings. The fourth-order valence-electron chi connectivity index (χ4n) is 1.24. The zero-order valence-corrected chi connectivity index (χ0v) is 9.29. The molecule has 2 nitrogen and oxygen atoms in total. The molecule has 0 aliphatic heterocycles. The molecule has 1 aromatic carbocycles. The minimum atomic E-state index is 0.610. The van der Waals surface area contributed by atoms with Gasteiger partial charge in [-0.25, -0.2) is 4.98 Å². The average Bonchev–Trinajstić information content (AvgIpc) is 2.64. The maximum atomic E-state index is 5.54. The Morgan fingerprint density at radius 1 is 1.20 bits per heavy atom. The van der Waals surface area contributed by atoms with Crippen LogP contribution in [0.5, 0.6) is 0 Å². The summed E-state index contributed by atoms with van der Waals surface area (Å²) in [5.41, 5.74) is 8.90. The van der Waals surface area contributed by atoms with E-state index in [0.29, 0.717) is 5.13 Å². The Morgan fingerprint density at radius 2 is 1.93 bits per heavy atom. The molecule has 0 unspecified atom stereocenters. The van der Waals surface area contributed by atoms with Crippen LogP contribution in [0, 0.1) is 6.92 Å². The van der Waals surface area contributed by atoms with Gasteiger partial charge in [-0.05, 0) is 18.6 Å². The maximum Gasteiger partial charge on any atom is 0.180 e. The summed E-state index contributed by atoms with van der Waals surface area (Å²) >= 11 is 1.46. The molecule has 0 saturated heterocycles. The van der Waals surface area contributed by atoms with Crippen LogP contribution >= 0.6 is 11.3 Å². The van der Waals surface area contributed by atoms with Gasteiger partial charge in [0.25, 0.3) is 0 Å². The highest BCUT2D eigenvalue weighted by Crippen LogP contribution is 2.14. The number of benzene rings is 1. The van der Waals surface area contributed by atoms with Gasteiger partial charge in [0.2, 0.25) is 0 Å². The molecule has 0 fully saturated rings. The minimum Gasteiger partial charge on any atom is -0.375 e. The standard InChI is InChI=1S/C12H12N2S/c1-9-2-4-10(5-3-9)6-7-11-8-15-12(13)14-11/h2-8H,1H3,(H2,13,14). The van der Waals surface area contributed by atoms with Gasteiger partial charge >= 0.3 is 0 Å². The van der Waals surface area contributed by atoms with Crippen molar-refractivity contribution < 1.29 is 0 Å². The van der Waals surface area contributed by atoms with Crippen LogP contribution < -0.4 is 5.73 Å². The predicted molar refractivity (Wildman–Crippen MR) is 66.6 cm³/mol. The lowest BCUT2D eigenvalue weighted by molar-refractivity contribution is 1.39. The third kappa shape index (κ3) is 2.67. The van der Waals surface area contributed by atoms with Gasteiger partial charge in [-0.15, -0.1) is 11.3 Å². The monoisotopic (exact) mass is 216 g/mol. The van der Waals surface area contributed by atoms with Gasteiger partial charge in [-0.2, -0.15) is 0 Å². The first-order valence-corrected chi connectivity index (χ1v) is 5.58. The van der Waals surface area contributed by atoms with E-state index in [9.17, 15) is 0 Å². The quantitative estimate of drug-likeness (QED) is 0.837. The first kappa shape index (κ1) is 9.93. The Hall–Kier alpha value is -1.61. The first-order valence-electron chi connectivity index (χ1n) is 4.70. The molecule has 0 bridgehead atoms. The number of nitrogens with zero attached hydrogens (tertiary/aromatic N) is 1. The normalized spacial score (nSPS) is 11.0. The first-order chi connectivity index (χ1) is 7.24. The molecule has 2 N–H and O–H groups in total. The molecule has 0 aliphatic rings. The molecule has 0 amide bonds. The summed E-state index contributed by atoms with van der Waals surface area (Å²) < 4.78 is 0. The second-order valence-electron chi connectivity index (χ2n) is 3.35. The zero-order chi connectivity index (χ0) is 10.7. The molecule has 2 rings (SSSR count). The SMILES string of the molecule is Cc1ccc(C=Cc2csc(N)n2)cc1. The molecule has 76 valence electrons. The third-order valence-corrected chi connectivity index (χ3v) is 2.76. The lowest BCUT2D eigenvalue weighted by Crippen LogP contribution is -1.81. The van der Waals surface area contributed by atoms with Crippen LogP contribution in [0.4, 0.5) is 5.13 Å². The summed E-state index contributed by atoms with van der Waals surface area (Å²) in [6.45, 7) is 2.08. The summed E-state index contributed by atoms with van der Waals surface area (Å²) in [4.78, 5) is 4.15. The van der Waals surface area contributed by atoms with Crippen molar-refractivity contribution in [2.24, 2.45) is 0 Å². The Morgan fingerprint density at radius 3 is 2.53 bits per heavy atom. The number of aromatic nitrogens is 1. The van der Waals surface area contributed by atoms with Crippen molar-refractivity contribution in [1.82, 2.24) is 4.98 Å². The average molecular weight is 216 g/mol. The van der Waals surface area contributed by atoms with Crippen LogP contribution in [0.25, 0.3) is 12.2 Å². The van der Waals surface area contributed by atoms with Gasteiger partial charge in [0.1, 0.15) is 0 Å². The highest BCUT2D eigenvalue weighted by Gasteiger charge is 1.93. The second kappa shape index (κ2) is 4.28. The van der Waals surface area contributed by atoms with E-state index in [1.165, 1.54) is 22.5 Å². The van der Waals surface area contributed by atoms with Crippen LogP contribution in [-0.4, -0.2) is 4.98 Å². The van der Waals surface area contributed by atoms with E-state index in [4.69, 9.17) is 5.73 Å². The minimum absolute atomic E-state index is 0.610. The van der Waals surface area contributed by atoms with Gasteiger partial charge in [-0.3, -0.25) is 0 Å². The predicted octanol–water partition coefficient (Wildman–Crippen LogP) is 3.20. The van der Waals surface area contributed by atoms with Gasteiger partial charge in [0, 0.05) is 5.38 Å². The van der Waals surface area contributed by atoms with E-state index in [0.717, 1.165) is 5.69 Å². The van der Waals surface area contributed by atoms with Crippen molar-refractivity contribution >= 4 is 28.6 Å². The second-order valence-corrected chi connectivity index (χ2v) is 4.24. The number of hydrogen-bond acceptors (Lipinski definition) is 3. The molecule has 1 aromatic heterocycles. The largest absolute Gasteiger partial charge is 0.375 e. The lowest BCUT2D eigenvalue weighted by Gasteiger charge is -1.93. The van der Waals surface area contributed by atoms with Gasteiger partial charge < -0.3 is 5.73 Å². The summed E-state index contributed by atoms with van der Waals surface area (Å²) in [5.74, 6) is 0. The molecular formula is C12H12N2S. The number of hydrogen-bond donors (Lipinski definition) is 1. The van der Waals surface area contributed by atoms with Crippen LogP contribution in [-0.2, 0) is 0 Å². The molecule has 0 radical (unpaired) electrons. The van der Waals surface area contributed by atoms with Crippen LogP contribution in [0.2, 0.25) is 0 Å². The van der Waals surface area contributed by atoms with E-state index in [1.807, 2.05) is 17.5 Å². The summed E-state index contributed by atoms with van der Waals surface area (Å²) in [5, 5.41) is 2.55. The Labute approximate surface area is 93.1 Å². The highest BCUT2D eigenvalue weighted by molar-refractivity contribution is 7.13. The van der Waals surface area contributed by atoms with E-state index in [1.54, 1.807) is 0 Å².